The van der Waals surface area contributed by atoms with Gasteiger partial charge in [-0.05, 0) is 55.3 Å². The van der Waals surface area contributed by atoms with Crippen molar-refractivity contribution < 1.29 is 9.59 Å². The molecule has 0 atom stereocenters. The minimum atomic E-state index is -0.0225. The Labute approximate surface area is 152 Å². The van der Waals surface area contributed by atoms with Crippen LogP contribution in [0, 0.1) is 19.8 Å². The van der Waals surface area contributed by atoms with Crippen LogP contribution < -0.4 is 5.32 Å². The van der Waals surface area contributed by atoms with E-state index in [0.29, 0.717) is 19.5 Å². The first-order chi connectivity index (χ1) is 12.0. The maximum atomic E-state index is 12.6. The molecule has 4 nitrogen and oxygen atoms in total. The van der Waals surface area contributed by atoms with Gasteiger partial charge in [-0.2, -0.15) is 0 Å². The summed E-state index contributed by atoms with van der Waals surface area (Å²) in [7, 11) is 0. The molecular weight excluding hydrogens is 332 g/mol. The van der Waals surface area contributed by atoms with Crippen LogP contribution in [0.3, 0.4) is 0 Å². The molecule has 1 fully saturated rings. The van der Waals surface area contributed by atoms with Gasteiger partial charge in [-0.15, -0.1) is 11.3 Å². The molecule has 3 rings (SSSR count). The standard InChI is InChI=1S/C20H24N2O2S/c1-14-5-3-7-18(15(14)2)21-20(24)16-8-10-22(11-9-16)19(23)13-17-6-4-12-25-17/h3-7,12,16H,8-11,13H2,1-2H3,(H,21,24). The van der Waals surface area contributed by atoms with Crippen molar-refractivity contribution in [3.63, 3.8) is 0 Å². The van der Waals surface area contributed by atoms with E-state index in [9.17, 15) is 9.59 Å². The fourth-order valence-corrected chi connectivity index (χ4v) is 3.88. The minimum absolute atomic E-state index is 0.0225. The highest BCUT2D eigenvalue weighted by molar-refractivity contribution is 7.10. The van der Waals surface area contributed by atoms with Crippen molar-refractivity contribution in [1.29, 1.82) is 0 Å². The van der Waals surface area contributed by atoms with Crippen LogP contribution in [-0.4, -0.2) is 29.8 Å². The maximum absolute atomic E-state index is 12.6. The lowest BCUT2D eigenvalue weighted by Crippen LogP contribution is -2.42. The molecule has 5 heteroatoms. The summed E-state index contributed by atoms with van der Waals surface area (Å²) in [6.45, 7) is 5.39. The number of anilines is 1. The Morgan fingerprint density at radius 2 is 1.92 bits per heavy atom. The Morgan fingerprint density at radius 3 is 2.60 bits per heavy atom. The normalized spacial score (nSPS) is 15.2. The van der Waals surface area contributed by atoms with Crippen LogP contribution in [0.25, 0.3) is 0 Å². The second kappa shape index (κ2) is 7.83. The van der Waals surface area contributed by atoms with E-state index in [4.69, 9.17) is 0 Å². The van der Waals surface area contributed by atoms with Crippen molar-refractivity contribution in [2.45, 2.75) is 33.1 Å². The molecule has 1 aromatic heterocycles. The smallest absolute Gasteiger partial charge is 0.227 e. The summed E-state index contributed by atoms with van der Waals surface area (Å²) in [6.07, 6.45) is 1.93. The fraction of sp³-hybridized carbons (Fsp3) is 0.400. The number of hydrogen-bond acceptors (Lipinski definition) is 3. The highest BCUT2D eigenvalue weighted by Crippen LogP contribution is 2.23. The minimum Gasteiger partial charge on any atom is -0.342 e. The largest absolute Gasteiger partial charge is 0.342 e. The number of piperidine rings is 1. The van der Waals surface area contributed by atoms with E-state index in [1.165, 1.54) is 5.56 Å². The predicted molar refractivity (Wildman–Crippen MR) is 102 cm³/mol. The zero-order chi connectivity index (χ0) is 17.8. The van der Waals surface area contributed by atoms with E-state index in [0.717, 1.165) is 29.0 Å². The van der Waals surface area contributed by atoms with Gasteiger partial charge >= 0.3 is 0 Å². The molecule has 1 aliphatic rings. The molecule has 2 amide bonds. The molecule has 1 saturated heterocycles. The summed E-state index contributed by atoms with van der Waals surface area (Å²) in [6, 6.07) is 9.91. The summed E-state index contributed by atoms with van der Waals surface area (Å²) in [5.41, 5.74) is 3.17. The molecule has 0 aliphatic carbocycles. The van der Waals surface area contributed by atoms with Crippen molar-refractivity contribution >= 4 is 28.8 Å². The van der Waals surface area contributed by atoms with Crippen LogP contribution in [0.2, 0.25) is 0 Å². The van der Waals surface area contributed by atoms with Gasteiger partial charge < -0.3 is 10.2 Å². The highest BCUT2D eigenvalue weighted by atomic mass is 32.1. The van der Waals surface area contributed by atoms with Crippen molar-refractivity contribution in [2.75, 3.05) is 18.4 Å². The third kappa shape index (κ3) is 4.28. The molecule has 1 aliphatic heterocycles. The van der Waals surface area contributed by atoms with E-state index in [2.05, 4.69) is 5.32 Å². The number of carbonyl (C=O) groups excluding carboxylic acids is 2. The number of thiophene rings is 1. The van der Waals surface area contributed by atoms with E-state index >= 15 is 0 Å². The van der Waals surface area contributed by atoms with Crippen LogP contribution in [0.5, 0.6) is 0 Å². The number of amides is 2. The van der Waals surface area contributed by atoms with Crippen molar-refractivity contribution in [3.8, 4) is 0 Å². The summed E-state index contributed by atoms with van der Waals surface area (Å²) in [5.74, 6) is 0.209. The van der Waals surface area contributed by atoms with Gasteiger partial charge in [-0.25, -0.2) is 0 Å². The quantitative estimate of drug-likeness (QED) is 0.906. The predicted octanol–water partition coefficient (Wildman–Crippen LogP) is 3.78. The Balaban J connectivity index is 1.52. The number of benzene rings is 1. The number of carbonyl (C=O) groups is 2. The average Bonchev–Trinajstić information content (AvgIpc) is 3.12. The van der Waals surface area contributed by atoms with Crippen LogP contribution in [0.4, 0.5) is 5.69 Å². The van der Waals surface area contributed by atoms with Gasteiger partial charge in [0, 0.05) is 29.6 Å². The monoisotopic (exact) mass is 356 g/mol. The van der Waals surface area contributed by atoms with E-state index in [1.807, 2.05) is 54.5 Å². The molecule has 1 N–H and O–H groups in total. The van der Waals surface area contributed by atoms with Crippen LogP contribution in [0.15, 0.2) is 35.7 Å². The first-order valence-electron chi connectivity index (χ1n) is 8.72. The molecule has 0 unspecified atom stereocenters. The summed E-state index contributed by atoms with van der Waals surface area (Å²) in [4.78, 5) is 27.9. The van der Waals surface area contributed by atoms with Gasteiger partial charge in [0.2, 0.25) is 11.8 Å². The Morgan fingerprint density at radius 1 is 1.16 bits per heavy atom. The Kier molecular flexibility index (Phi) is 5.53. The first-order valence-corrected chi connectivity index (χ1v) is 9.60. The zero-order valence-corrected chi connectivity index (χ0v) is 15.6. The van der Waals surface area contributed by atoms with Crippen molar-refractivity contribution in [2.24, 2.45) is 5.92 Å². The zero-order valence-electron chi connectivity index (χ0n) is 14.7. The van der Waals surface area contributed by atoms with Gasteiger partial charge in [0.25, 0.3) is 0 Å². The van der Waals surface area contributed by atoms with Gasteiger partial charge in [-0.3, -0.25) is 9.59 Å². The number of nitrogens with one attached hydrogen (secondary N) is 1. The van der Waals surface area contributed by atoms with Crippen molar-refractivity contribution in [1.82, 2.24) is 4.90 Å². The van der Waals surface area contributed by atoms with Crippen LogP contribution in [0.1, 0.15) is 28.8 Å². The topological polar surface area (TPSA) is 49.4 Å². The SMILES string of the molecule is Cc1cccc(NC(=O)C2CCN(C(=O)Cc3cccs3)CC2)c1C. The first kappa shape index (κ1) is 17.7. The third-order valence-corrected chi connectivity index (χ3v) is 5.86. The molecule has 2 heterocycles. The third-order valence-electron chi connectivity index (χ3n) is 4.99. The van der Waals surface area contributed by atoms with Gasteiger partial charge in [0.1, 0.15) is 0 Å². The number of likely N-dealkylation sites (tertiary alicyclic amines) is 1. The second-order valence-corrected chi connectivity index (χ2v) is 7.68. The van der Waals surface area contributed by atoms with Gasteiger partial charge in [0.05, 0.1) is 6.42 Å². The summed E-state index contributed by atoms with van der Waals surface area (Å²) >= 11 is 1.61. The Hall–Kier alpha value is -2.14. The van der Waals surface area contributed by atoms with Crippen molar-refractivity contribution in [3.05, 3.63) is 51.7 Å². The van der Waals surface area contributed by atoms with E-state index < -0.39 is 0 Å². The van der Waals surface area contributed by atoms with Gasteiger partial charge in [0.15, 0.2) is 0 Å². The van der Waals surface area contributed by atoms with Crippen LogP contribution >= 0.6 is 11.3 Å². The molecule has 0 saturated carbocycles. The van der Waals surface area contributed by atoms with E-state index in [1.54, 1.807) is 11.3 Å². The average molecular weight is 356 g/mol. The van der Waals surface area contributed by atoms with E-state index in [-0.39, 0.29) is 17.7 Å². The highest BCUT2D eigenvalue weighted by Gasteiger charge is 2.27. The number of aryl methyl sites for hydroxylation is 1. The number of hydrogen-bond donors (Lipinski definition) is 1. The number of rotatable bonds is 4. The lowest BCUT2D eigenvalue weighted by molar-refractivity contribution is -0.133. The lowest BCUT2D eigenvalue weighted by atomic mass is 9.95. The molecule has 1 aromatic carbocycles. The summed E-state index contributed by atoms with van der Waals surface area (Å²) < 4.78 is 0. The maximum Gasteiger partial charge on any atom is 0.227 e. The second-order valence-electron chi connectivity index (χ2n) is 6.65. The lowest BCUT2D eigenvalue weighted by Gasteiger charge is -2.31. The van der Waals surface area contributed by atoms with Crippen LogP contribution in [-0.2, 0) is 16.0 Å². The Bertz CT molecular complexity index is 747. The number of nitrogens with zero attached hydrogens (tertiary/aromatic N) is 1. The van der Waals surface area contributed by atoms with Gasteiger partial charge in [-0.1, -0.05) is 18.2 Å². The molecule has 0 radical (unpaired) electrons. The molecule has 0 spiro atoms. The fourth-order valence-electron chi connectivity index (χ4n) is 3.19. The molecule has 25 heavy (non-hydrogen) atoms. The molecule has 2 aromatic rings. The molecule has 0 bridgehead atoms. The summed E-state index contributed by atoms with van der Waals surface area (Å²) in [5, 5.41) is 5.05. The molecule has 132 valence electrons. The molecular formula is C20H24N2O2S.